The fraction of sp³-hybridized carbons (Fsp3) is 0.294. The molecule has 4 heterocycles. The summed E-state index contributed by atoms with van der Waals surface area (Å²) in [6.07, 6.45) is 7.04. The van der Waals surface area contributed by atoms with E-state index < -0.39 is 0 Å². The highest BCUT2D eigenvalue weighted by atomic mass is 32.1. The van der Waals surface area contributed by atoms with Gasteiger partial charge in [-0.05, 0) is 42.9 Å². The normalized spacial score (nSPS) is 17.7. The van der Waals surface area contributed by atoms with Gasteiger partial charge in [-0.1, -0.05) is 13.0 Å². The van der Waals surface area contributed by atoms with Gasteiger partial charge in [-0.15, -0.1) is 16.4 Å². The Kier molecular flexibility index (Phi) is 2.76. The highest BCUT2D eigenvalue weighted by molar-refractivity contribution is 7.19. The minimum atomic E-state index is 0.657. The molecule has 1 atom stereocenters. The van der Waals surface area contributed by atoms with E-state index in [1.165, 1.54) is 22.2 Å². The van der Waals surface area contributed by atoms with Gasteiger partial charge in [-0.2, -0.15) is 0 Å². The van der Waals surface area contributed by atoms with E-state index in [1.54, 1.807) is 17.0 Å². The lowest BCUT2D eigenvalue weighted by Crippen LogP contribution is -2.08. The molecule has 0 saturated heterocycles. The van der Waals surface area contributed by atoms with E-state index in [4.69, 9.17) is 4.98 Å². The molecule has 4 aromatic heterocycles. The van der Waals surface area contributed by atoms with Crippen LogP contribution in [0.4, 0.5) is 0 Å². The molecule has 5 rings (SSSR count). The van der Waals surface area contributed by atoms with E-state index in [0.717, 1.165) is 34.9 Å². The third kappa shape index (κ3) is 1.98. The van der Waals surface area contributed by atoms with Gasteiger partial charge in [0.1, 0.15) is 16.9 Å². The fourth-order valence-electron chi connectivity index (χ4n) is 3.34. The number of aromatic nitrogens is 5. The van der Waals surface area contributed by atoms with Crippen molar-refractivity contribution < 1.29 is 0 Å². The Morgan fingerprint density at radius 2 is 2.22 bits per heavy atom. The molecule has 1 aliphatic carbocycles. The molecular weight excluding hydrogens is 306 g/mol. The predicted molar refractivity (Wildman–Crippen MR) is 90.6 cm³/mol. The van der Waals surface area contributed by atoms with E-state index >= 15 is 0 Å². The molecule has 1 aliphatic rings. The molecule has 23 heavy (non-hydrogen) atoms. The summed E-state index contributed by atoms with van der Waals surface area (Å²) in [6.45, 7) is 2.33. The van der Waals surface area contributed by atoms with Gasteiger partial charge in [0.2, 0.25) is 5.82 Å². The summed E-state index contributed by atoms with van der Waals surface area (Å²) in [5.41, 5.74) is 3.13. The summed E-state index contributed by atoms with van der Waals surface area (Å²) in [6, 6.07) is 5.79. The van der Waals surface area contributed by atoms with Gasteiger partial charge < -0.3 is 0 Å². The zero-order valence-electron chi connectivity index (χ0n) is 12.7. The molecule has 0 saturated carbocycles. The van der Waals surface area contributed by atoms with Crippen molar-refractivity contribution in [3.8, 4) is 11.5 Å². The quantitative estimate of drug-likeness (QED) is 0.538. The summed E-state index contributed by atoms with van der Waals surface area (Å²) >= 11 is 1.82. The number of nitrogens with zero attached hydrogens (tertiary/aromatic N) is 5. The van der Waals surface area contributed by atoms with Gasteiger partial charge in [0.25, 0.3) is 0 Å². The van der Waals surface area contributed by atoms with Crippen molar-refractivity contribution in [1.29, 1.82) is 0 Å². The van der Waals surface area contributed by atoms with Gasteiger partial charge >= 0.3 is 0 Å². The number of rotatable bonds is 1. The van der Waals surface area contributed by atoms with Crippen LogP contribution in [-0.2, 0) is 12.8 Å². The van der Waals surface area contributed by atoms with Crippen LogP contribution in [0.1, 0.15) is 23.8 Å². The van der Waals surface area contributed by atoms with Crippen LogP contribution in [0.15, 0.2) is 30.7 Å². The van der Waals surface area contributed by atoms with Crippen LogP contribution in [0.5, 0.6) is 0 Å². The molecule has 0 bridgehead atoms. The molecule has 5 nitrogen and oxygen atoms in total. The van der Waals surface area contributed by atoms with Crippen LogP contribution in [0.25, 0.3) is 27.4 Å². The van der Waals surface area contributed by atoms with Crippen LogP contribution in [0, 0.1) is 5.92 Å². The number of pyridine rings is 1. The van der Waals surface area contributed by atoms with Crippen molar-refractivity contribution in [1.82, 2.24) is 24.6 Å². The first-order valence-corrected chi connectivity index (χ1v) is 8.68. The number of hydrogen-bond donors (Lipinski definition) is 0. The molecule has 6 heteroatoms. The summed E-state index contributed by atoms with van der Waals surface area (Å²) in [5, 5.41) is 5.75. The van der Waals surface area contributed by atoms with Gasteiger partial charge in [-0.3, -0.25) is 4.98 Å². The zero-order valence-corrected chi connectivity index (χ0v) is 13.5. The highest BCUT2D eigenvalue weighted by Crippen LogP contribution is 2.38. The van der Waals surface area contributed by atoms with Crippen molar-refractivity contribution in [3.05, 3.63) is 41.2 Å². The van der Waals surface area contributed by atoms with Crippen LogP contribution >= 0.6 is 11.3 Å². The van der Waals surface area contributed by atoms with Crippen molar-refractivity contribution in [2.45, 2.75) is 26.2 Å². The van der Waals surface area contributed by atoms with Crippen molar-refractivity contribution in [3.63, 3.8) is 0 Å². The van der Waals surface area contributed by atoms with E-state index in [0.29, 0.717) is 5.82 Å². The third-order valence-electron chi connectivity index (χ3n) is 4.53. The summed E-state index contributed by atoms with van der Waals surface area (Å²) in [5.74, 6) is 1.41. The Morgan fingerprint density at radius 1 is 1.26 bits per heavy atom. The molecule has 0 N–H and O–H groups in total. The smallest absolute Gasteiger partial charge is 0.200 e. The van der Waals surface area contributed by atoms with Gasteiger partial charge in [0.05, 0.1) is 5.39 Å². The van der Waals surface area contributed by atoms with Crippen molar-refractivity contribution >= 4 is 27.2 Å². The minimum Gasteiger partial charge on any atom is -0.253 e. The maximum Gasteiger partial charge on any atom is 0.200 e. The standard InChI is InChI=1S/C17H15N5S/c1-10-5-6-11-13(8-10)23-17-14(11)16-20-15(21-22(16)9-19-17)12-4-2-3-7-18-12/h2-4,7,9-10H,5-6,8H2,1H3/t10-/m1/s1. The molecule has 0 spiro atoms. The first-order valence-electron chi connectivity index (χ1n) is 7.86. The molecule has 4 aromatic rings. The first kappa shape index (κ1) is 13.1. The van der Waals surface area contributed by atoms with Gasteiger partial charge in [0.15, 0.2) is 5.65 Å². The second-order valence-electron chi connectivity index (χ2n) is 6.20. The maximum absolute atomic E-state index is 4.77. The number of aryl methyl sites for hydroxylation is 1. The molecule has 0 aromatic carbocycles. The third-order valence-corrected chi connectivity index (χ3v) is 5.69. The molecule has 0 amide bonds. The average molecular weight is 321 g/mol. The molecule has 114 valence electrons. The molecule has 0 radical (unpaired) electrons. The summed E-state index contributed by atoms with van der Waals surface area (Å²) in [4.78, 5) is 16.3. The molecule has 0 unspecified atom stereocenters. The number of fused-ring (bicyclic) bond motifs is 5. The monoisotopic (exact) mass is 321 g/mol. The summed E-state index contributed by atoms with van der Waals surface area (Å²) in [7, 11) is 0. The first-order chi connectivity index (χ1) is 11.3. The zero-order chi connectivity index (χ0) is 15.4. The SMILES string of the molecule is C[C@@H]1CCc2c(sc3ncn4nc(-c5ccccn5)nc4c23)C1. The fourth-order valence-corrected chi connectivity index (χ4v) is 4.69. The Labute approximate surface area is 137 Å². The molecule has 0 aliphatic heterocycles. The van der Waals surface area contributed by atoms with Crippen molar-refractivity contribution in [2.24, 2.45) is 5.92 Å². The van der Waals surface area contributed by atoms with E-state index in [9.17, 15) is 0 Å². The van der Waals surface area contributed by atoms with Crippen LogP contribution in [-0.4, -0.2) is 24.6 Å². The second-order valence-corrected chi connectivity index (χ2v) is 7.28. The van der Waals surface area contributed by atoms with Crippen LogP contribution in [0.3, 0.4) is 0 Å². The molecular formula is C17H15N5S. The maximum atomic E-state index is 4.77. The lowest BCUT2D eigenvalue weighted by atomic mass is 9.89. The van der Waals surface area contributed by atoms with E-state index in [1.807, 2.05) is 29.5 Å². The Bertz CT molecular complexity index is 1020. The number of thiophene rings is 1. The lowest BCUT2D eigenvalue weighted by Gasteiger charge is -2.17. The largest absolute Gasteiger partial charge is 0.253 e. The van der Waals surface area contributed by atoms with Crippen LogP contribution in [0.2, 0.25) is 0 Å². The van der Waals surface area contributed by atoms with Crippen LogP contribution < -0.4 is 0 Å². The second kappa shape index (κ2) is 4.83. The summed E-state index contributed by atoms with van der Waals surface area (Å²) < 4.78 is 1.79. The Hall–Kier alpha value is -2.34. The Morgan fingerprint density at radius 3 is 3.09 bits per heavy atom. The number of hydrogen-bond acceptors (Lipinski definition) is 5. The minimum absolute atomic E-state index is 0.657. The van der Waals surface area contributed by atoms with Gasteiger partial charge in [-0.25, -0.2) is 14.5 Å². The average Bonchev–Trinajstić information content (AvgIpc) is 3.15. The van der Waals surface area contributed by atoms with E-state index in [2.05, 4.69) is 22.0 Å². The Balaban J connectivity index is 1.78. The topological polar surface area (TPSA) is 56.0 Å². The van der Waals surface area contributed by atoms with E-state index in [-0.39, 0.29) is 0 Å². The lowest BCUT2D eigenvalue weighted by molar-refractivity contribution is 0.509. The highest BCUT2D eigenvalue weighted by Gasteiger charge is 2.23. The molecule has 0 fully saturated rings. The van der Waals surface area contributed by atoms with Gasteiger partial charge in [0, 0.05) is 11.1 Å². The predicted octanol–water partition coefficient (Wildman–Crippen LogP) is 3.53. The van der Waals surface area contributed by atoms with Crippen molar-refractivity contribution in [2.75, 3.05) is 0 Å².